The number of anilines is 1. The van der Waals surface area contributed by atoms with Crippen molar-refractivity contribution in [3.63, 3.8) is 0 Å². The van der Waals surface area contributed by atoms with Crippen molar-refractivity contribution < 1.29 is 13.2 Å². The standard InChI is InChI=1S/C17H22N2O3S/c1-19-9-2-3-14-11-13(4-6-16(14)19)5-7-17(20)18-15-8-10-23(21,22)12-15/h4-7,11,15H,2-3,8-10,12H2,1H3,(H,18,20)/b7-5+/t15-/m0/s1. The maximum Gasteiger partial charge on any atom is 0.244 e. The van der Waals surface area contributed by atoms with Gasteiger partial charge in [-0.15, -0.1) is 0 Å². The van der Waals surface area contributed by atoms with Crippen LogP contribution in [0.1, 0.15) is 24.0 Å². The number of sulfone groups is 1. The number of benzene rings is 1. The average molecular weight is 334 g/mol. The van der Waals surface area contributed by atoms with Crippen molar-refractivity contribution in [2.24, 2.45) is 0 Å². The maximum absolute atomic E-state index is 11.9. The van der Waals surface area contributed by atoms with Crippen LogP contribution in [0, 0.1) is 0 Å². The number of rotatable bonds is 3. The molecule has 1 aromatic rings. The molecule has 0 radical (unpaired) electrons. The molecule has 1 atom stereocenters. The van der Waals surface area contributed by atoms with Gasteiger partial charge in [0.05, 0.1) is 11.5 Å². The lowest BCUT2D eigenvalue weighted by Gasteiger charge is -2.27. The number of carbonyl (C=O) groups is 1. The van der Waals surface area contributed by atoms with E-state index < -0.39 is 9.84 Å². The summed E-state index contributed by atoms with van der Waals surface area (Å²) in [6, 6.07) is 5.96. The number of nitrogens with one attached hydrogen (secondary N) is 1. The minimum Gasteiger partial charge on any atom is -0.374 e. The predicted octanol–water partition coefficient (Wildman–Crippen LogP) is 1.39. The fourth-order valence-corrected chi connectivity index (χ4v) is 4.91. The van der Waals surface area contributed by atoms with E-state index in [4.69, 9.17) is 0 Å². The Hall–Kier alpha value is -1.82. The van der Waals surface area contributed by atoms with Gasteiger partial charge in [0.25, 0.3) is 0 Å². The predicted molar refractivity (Wildman–Crippen MR) is 92.3 cm³/mol. The number of aryl methyl sites for hydroxylation is 1. The van der Waals surface area contributed by atoms with Crippen molar-refractivity contribution in [2.75, 3.05) is 30.0 Å². The van der Waals surface area contributed by atoms with Gasteiger partial charge in [-0.2, -0.15) is 0 Å². The van der Waals surface area contributed by atoms with Crippen LogP contribution < -0.4 is 10.2 Å². The lowest BCUT2D eigenvalue weighted by atomic mass is 9.99. The molecule has 1 amide bonds. The van der Waals surface area contributed by atoms with E-state index >= 15 is 0 Å². The molecule has 2 aliphatic rings. The zero-order valence-corrected chi connectivity index (χ0v) is 14.1. The largest absolute Gasteiger partial charge is 0.374 e. The molecule has 23 heavy (non-hydrogen) atoms. The molecule has 1 fully saturated rings. The minimum absolute atomic E-state index is 0.0533. The number of amides is 1. The normalized spacial score (nSPS) is 23.0. The smallest absolute Gasteiger partial charge is 0.244 e. The topological polar surface area (TPSA) is 66.5 Å². The molecule has 1 N–H and O–H groups in total. The summed E-state index contributed by atoms with van der Waals surface area (Å²) >= 11 is 0. The summed E-state index contributed by atoms with van der Waals surface area (Å²) in [5.41, 5.74) is 3.56. The van der Waals surface area contributed by atoms with Crippen molar-refractivity contribution in [2.45, 2.75) is 25.3 Å². The Kier molecular flexibility index (Phi) is 4.43. The van der Waals surface area contributed by atoms with Crippen molar-refractivity contribution in [3.8, 4) is 0 Å². The number of nitrogens with zero attached hydrogens (tertiary/aromatic N) is 1. The van der Waals surface area contributed by atoms with Gasteiger partial charge >= 0.3 is 0 Å². The van der Waals surface area contributed by atoms with Gasteiger partial charge in [0, 0.05) is 31.4 Å². The monoisotopic (exact) mass is 334 g/mol. The van der Waals surface area contributed by atoms with E-state index in [1.807, 2.05) is 6.07 Å². The van der Waals surface area contributed by atoms with Crippen molar-refractivity contribution in [3.05, 3.63) is 35.4 Å². The van der Waals surface area contributed by atoms with E-state index in [2.05, 4.69) is 29.4 Å². The Balaban J connectivity index is 1.62. The molecule has 0 spiro atoms. The Morgan fingerprint density at radius 3 is 2.96 bits per heavy atom. The highest BCUT2D eigenvalue weighted by Crippen LogP contribution is 2.27. The number of carbonyl (C=O) groups excluding carboxylic acids is 1. The average Bonchev–Trinajstić information content (AvgIpc) is 2.84. The van der Waals surface area contributed by atoms with Gasteiger partial charge in [-0.3, -0.25) is 4.79 Å². The molecule has 0 saturated carbocycles. The molecule has 3 rings (SSSR count). The van der Waals surface area contributed by atoms with Gasteiger partial charge in [-0.05, 0) is 48.6 Å². The second kappa shape index (κ2) is 6.35. The molecule has 0 unspecified atom stereocenters. The van der Waals surface area contributed by atoms with Gasteiger partial charge in [0.1, 0.15) is 0 Å². The second-order valence-electron chi connectivity index (χ2n) is 6.36. The summed E-state index contributed by atoms with van der Waals surface area (Å²) in [7, 11) is -0.873. The summed E-state index contributed by atoms with van der Waals surface area (Å²) in [6.07, 6.45) is 5.99. The Morgan fingerprint density at radius 2 is 2.22 bits per heavy atom. The summed E-state index contributed by atoms with van der Waals surface area (Å²) in [4.78, 5) is 14.2. The quantitative estimate of drug-likeness (QED) is 0.848. The van der Waals surface area contributed by atoms with Crippen LogP contribution in [0.25, 0.3) is 6.08 Å². The molecule has 1 saturated heterocycles. The fourth-order valence-electron chi connectivity index (χ4n) is 3.24. The fraction of sp³-hybridized carbons (Fsp3) is 0.471. The lowest BCUT2D eigenvalue weighted by Crippen LogP contribution is -2.34. The Morgan fingerprint density at radius 1 is 1.39 bits per heavy atom. The van der Waals surface area contributed by atoms with Crippen molar-refractivity contribution in [1.82, 2.24) is 5.32 Å². The molecular formula is C17H22N2O3S. The van der Waals surface area contributed by atoms with Crippen LogP contribution in [0.5, 0.6) is 0 Å². The molecule has 0 bridgehead atoms. The first kappa shape index (κ1) is 16.1. The third-order valence-electron chi connectivity index (χ3n) is 4.46. The van der Waals surface area contributed by atoms with Gasteiger partial charge in [0.15, 0.2) is 9.84 Å². The molecular weight excluding hydrogens is 312 g/mol. The van der Waals surface area contributed by atoms with E-state index in [0.29, 0.717) is 6.42 Å². The van der Waals surface area contributed by atoms with Crippen LogP contribution >= 0.6 is 0 Å². The zero-order chi connectivity index (χ0) is 16.4. The first-order valence-corrected chi connectivity index (χ1v) is 9.78. The molecule has 0 aromatic heterocycles. The Labute approximate surface area is 137 Å². The Bertz CT molecular complexity index is 740. The number of fused-ring (bicyclic) bond motifs is 1. The third kappa shape index (κ3) is 3.93. The van der Waals surface area contributed by atoms with Gasteiger partial charge < -0.3 is 10.2 Å². The van der Waals surface area contributed by atoms with E-state index in [9.17, 15) is 13.2 Å². The van der Waals surface area contributed by atoms with Crippen LogP contribution in [-0.2, 0) is 21.1 Å². The number of hydrogen-bond acceptors (Lipinski definition) is 4. The van der Waals surface area contributed by atoms with Gasteiger partial charge in [0.2, 0.25) is 5.91 Å². The molecule has 124 valence electrons. The molecule has 0 aliphatic carbocycles. The highest BCUT2D eigenvalue weighted by Gasteiger charge is 2.28. The van der Waals surface area contributed by atoms with Gasteiger partial charge in [-0.1, -0.05) is 6.07 Å². The van der Waals surface area contributed by atoms with Crippen LogP contribution in [0.3, 0.4) is 0 Å². The van der Waals surface area contributed by atoms with E-state index in [-0.39, 0.29) is 23.5 Å². The van der Waals surface area contributed by atoms with E-state index in [1.165, 1.54) is 17.3 Å². The summed E-state index contributed by atoms with van der Waals surface area (Å²) < 4.78 is 22.8. The van der Waals surface area contributed by atoms with E-state index in [1.54, 1.807) is 6.08 Å². The first-order valence-electron chi connectivity index (χ1n) is 7.96. The highest BCUT2D eigenvalue weighted by molar-refractivity contribution is 7.91. The summed E-state index contributed by atoms with van der Waals surface area (Å²) in [5.74, 6) is -0.0143. The molecule has 2 aliphatic heterocycles. The molecule has 1 aromatic carbocycles. The number of hydrogen-bond donors (Lipinski definition) is 1. The summed E-state index contributed by atoms with van der Waals surface area (Å²) in [6.45, 7) is 1.08. The lowest BCUT2D eigenvalue weighted by molar-refractivity contribution is -0.116. The summed E-state index contributed by atoms with van der Waals surface area (Å²) in [5, 5.41) is 2.76. The third-order valence-corrected chi connectivity index (χ3v) is 6.23. The maximum atomic E-state index is 11.9. The molecule has 5 nitrogen and oxygen atoms in total. The first-order chi connectivity index (χ1) is 10.9. The van der Waals surface area contributed by atoms with Gasteiger partial charge in [-0.25, -0.2) is 8.42 Å². The second-order valence-corrected chi connectivity index (χ2v) is 8.58. The molecule has 6 heteroatoms. The van der Waals surface area contributed by atoms with E-state index in [0.717, 1.165) is 24.9 Å². The zero-order valence-electron chi connectivity index (χ0n) is 13.3. The van der Waals surface area contributed by atoms with Crippen LogP contribution in [0.15, 0.2) is 24.3 Å². The van der Waals surface area contributed by atoms with Crippen LogP contribution in [0.2, 0.25) is 0 Å². The van der Waals surface area contributed by atoms with Crippen LogP contribution in [0.4, 0.5) is 5.69 Å². The highest BCUT2D eigenvalue weighted by atomic mass is 32.2. The SMILES string of the molecule is CN1CCCc2cc(/C=C/C(=O)N[C@H]3CCS(=O)(=O)C3)ccc21. The minimum atomic E-state index is -2.97. The van der Waals surface area contributed by atoms with Crippen molar-refractivity contribution >= 4 is 27.5 Å². The van der Waals surface area contributed by atoms with Crippen LogP contribution in [-0.4, -0.2) is 45.5 Å². The van der Waals surface area contributed by atoms with Crippen molar-refractivity contribution in [1.29, 1.82) is 0 Å². The molecule has 2 heterocycles.